The van der Waals surface area contributed by atoms with Gasteiger partial charge in [0, 0.05) is 37.3 Å². The van der Waals surface area contributed by atoms with E-state index in [0.29, 0.717) is 31.1 Å². The largest absolute Gasteiger partial charge is 0.349 e. The molecule has 1 N–H and O–H groups in total. The molecule has 2 heterocycles. The number of carbonyl (C=O) groups excluding carboxylic acids is 1. The monoisotopic (exact) mass is 485 g/mol. The number of allylic oxidation sites excluding steroid dienone is 1. The highest BCUT2D eigenvalue weighted by molar-refractivity contribution is 7.89. The van der Waals surface area contributed by atoms with E-state index in [1.165, 1.54) is 10.4 Å². The molecular formula is C26H35N3O4S. The quantitative estimate of drug-likeness (QED) is 0.625. The molecular weight excluding hydrogens is 450 g/mol. The molecule has 0 bridgehead atoms. The molecule has 1 saturated heterocycles. The predicted octanol–water partition coefficient (Wildman–Crippen LogP) is 4.06. The van der Waals surface area contributed by atoms with Crippen molar-refractivity contribution in [2.75, 3.05) is 13.1 Å². The normalized spacial score (nSPS) is 22.3. The lowest BCUT2D eigenvalue weighted by Gasteiger charge is -2.27. The van der Waals surface area contributed by atoms with Crippen LogP contribution >= 0.6 is 0 Å². The zero-order valence-electron chi connectivity index (χ0n) is 20.0. The number of nitrogens with one attached hydrogen (secondary N) is 1. The molecule has 4 rings (SSSR count). The number of rotatable bonds is 6. The number of sulfonamides is 1. The Balaban J connectivity index is 1.73. The summed E-state index contributed by atoms with van der Waals surface area (Å²) < 4.78 is 30.0. The van der Waals surface area contributed by atoms with Crippen molar-refractivity contribution in [2.45, 2.75) is 75.8 Å². The van der Waals surface area contributed by atoms with Crippen molar-refractivity contribution in [3.05, 3.63) is 52.8 Å². The number of carbonyl (C=O) groups is 1. The number of hydrogen-bond donors (Lipinski definition) is 1. The van der Waals surface area contributed by atoms with Gasteiger partial charge in [-0.15, -0.1) is 6.58 Å². The van der Waals surface area contributed by atoms with Gasteiger partial charge in [0.1, 0.15) is 5.56 Å². The van der Waals surface area contributed by atoms with Crippen LogP contribution in [0.25, 0.3) is 10.9 Å². The van der Waals surface area contributed by atoms with Gasteiger partial charge in [0.05, 0.1) is 10.4 Å². The Kier molecular flexibility index (Phi) is 7.57. The lowest BCUT2D eigenvalue weighted by Crippen LogP contribution is -2.39. The van der Waals surface area contributed by atoms with E-state index in [2.05, 4.69) is 18.8 Å². The first-order valence-electron chi connectivity index (χ1n) is 12.4. The van der Waals surface area contributed by atoms with Crippen LogP contribution < -0.4 is 10.7 Å². The fourth-order valence-corrected chi connectivity index (χ4v) is 6.63. The third-order valence-corrected chi connectivity index (χ3v) is 9.07. The van der Waals surface area contributed by atoms with E-state index in [0.717, 1.165) is 51.4 Å². The number of nitrogens with zero attached hydrogens (tertiary/aromatic N) is 2. The van der Waals surface area contributed by atoms with E-state index < -0.39 is 21.4 Å². The van der Waals surface area contributed by atoms with Crippen LogP contribution in [0.4, 0.5) is 0 Å². The minimum atomic E-state index is -3.72. The summed E-state index contributed by atoms with van der Waals surface area (Å²) >= 11 is 0. The summed E-state index contributed by atoms with van der Waals surface area (Å²) in [4.78, 5) is 26.6. The fraction of sp³-hybridized carbons (Fsp3) is 0.538. The number of benzene rings is 1. The second kappa shape index (κ2) is 10.4. The van der Waals surface area contributed by atoms with Gasteiger partial charge in [-0.1, -0.05) is 25.8 Å². The van der Waals surface area contributed by atoms with Crippen LogP contribution in [0, 0.1) is 5.92 Å². The highest BCUT2D eigenvalue weighted by atomic mass is 32.2. The van der Waals surface area contributed by atoms with Crippen molar-refractivity contribution in [1.29, 1.82) is 0 Å². The van der Waals surface area contributed by atoms with Gasteiger partial charge < -0.3 is 9.88 Å². The zero-order valence-corrected chi connectivity index (χ0v) is 20.8. The number of fused-ring (bicyclic) bond motifs is 1. The van der Waals surface area contributed by atoms with Crippen molar-refractivity contribution in [2.24, 2.45) is 5.92 Å². The average Bonchev–Trinajstić information content (AvgIpc) is 3.12. The van der Waals surface area contributed by atoms with Crippen molar-refractivity contribution >= 4 is 26.8 Å². The molecule has 34 heavy (non-hydrogen) atoms. The summed E-state index contributed by atoms with van der Waals surface area (Å²) in [6.45, 7) is 7.38. The molecule has 184 valence electrons. The Morgan fingerprint density at radius 1 is 1.12 bits per heavy atom. The fourth-order valence-electron chi connectivity index (χ4n) is 5.09. The Bertz CT molecular complexity index is 1220. The Morgan fingerprint density at radius 2 is 1.79 bits per heavy atom. The van der Waals surface area contributed by atoms with Gasteiger partial charge in [0.2, 0.25) is 15.5 Å². The molecule has 2 fully saturated rings. The Labute approximate surface area is 201 Å². The third-order valence-electron chi connectivity index (χ3n) is 7.18. The van der Waals surface area contributed by atoms with Gasteiger partial charge in [-0.3, -0.25) is 9.59 Å². The molecule has 0 atom stereocenters. The van der Waals surface area contributed by atoms with Crippen molar-refractivity contribution in [3.8, 4) is 0 Å². The van der Waals surface area contributed by atoms with Crippen LogP contribution in [0.2, 0.25) is 0 Å². The molecule has 2 aromatic rings. The second-order valence-corrected chi connectivity index (χ2v) is 11.7. The Hall–Kier alpha value is -2.45. The molecule has 1 aromatic carbocycles. The zero-order chi connectivity index (χ0) is 24.3. The molecule has 0 unspecified atom stereocenters. The van der Waals surface area contributed by atoms with Gasteiger partial charge in [-0.05, 0) is 62.6 Å². The molecule has 8 heteroatoms. The number of pyridine rings is 1. The van der Waals surface area contributed by atoms with E-state index in [9.17, 15) is 18.0 Å². The van der Waals surface area contributed by atoms with Crippen molar-refractivity contribution < 1.29 is 13.2 Å². The lowest BCUT2D eigenvalue weighted by atomic mass is 9.87. The maximum atomic E-state index is 13.4. The number of aromatic nitrogens is 1. The minimum absolute atomic E-state index is 0.0392. The summed E-state index contributed by atoms with van der Waals surface area (Å²) in [5.74, 6) is 0.258. The van der Waals surface area contributed by atoms with Crippen LogP contribution in [-0.2, 0) is 16.6 Å². The first-order valence-corrected chi connectivity index (χ1v) is 13.8. The lowest BCUT2D eigenvalue weighted by molar-refractivity contribution is 0.0921. The van der Waals surface area contributed by atoms with Crippen molar-refractivity contribution in [1.82, 2.24) is 14.2 Å². The predicted molar refractivity (Wildman–Crippen MR) is 135 cm³/mol. The first kappa shape index (κ1) is 24.7. The molecule has 1 aliphatic heterocycles. The summed E-state index contributed by atoms with van der Waals surface area (Å²) in [6, 6.07) is 4.72. The highest BCUT2D eigenvalue weighted by Crippen LogP contribution is 2.25. The summed E-state index contributed by atoms with van der Waals surface area (Å²) in [5.41, 5.74) is 0.185. The molecule has 0 spiro atoms. The number of amides is 1. The Morgan fingerprint density at radius 3 is 2.44 bits per heavy atom. The standard InChI is InChI=1S/C26H35N3O4S/c1-3-14-28-18-23(26(31)27-20-10-8-19(2)9-11-20)25(30)22-17-21(12-13-24(22)28)34(32,33)29-15-6-4-5-7-16-29/h3,12-13,17-20H,1,4-11,14-16H2,2H3,(H,27,31). The van der Waals surface area contributed by atoms with E-state index in [-0.39, 0.29) is 21.9 Å². The molecule has 1 amide bonds. The summed E-state index contributed by atoms with van der Waals surface area (Å²) in [7, 11) is -3.72. The maximum Gasteiger partial charge on any atom is 0.256 e. The highest BCUT2D eigenvalue weighted by Gasteiger charge is 2.27. The summed E-state index contributed by atoms with van der Waals surface area (Å²) in [6.07, 6.45) is 10.9. The van der Waals surface area contributed by atoms with Crippen LogP contribution in [0.3, 0.4) is 0 Å². The molecule has 1 aromatic heterocycles. The molecule has 1 aliphatic carbocycles. The SMILES string of the molecule is C=CCn1cc(C(=O)NC2CCC(C)CC2)c(=O)c2cc(S(=O)(=O)N3CCCCCC3)ccc21. The molecule has 7 nitrogen and oxygen atoms in total. The van der Waals surface area contributed by atoms with E-state index in [4.69, 9.17) is 0 Å². The van der Waals surface area contributed by atoms with E-state index >= 15 is 0 Å². The van der Waals surface area contributed by atoms with Gasteiger partial charge in [-0.2, -0.15) is 4.31 Å². The number of hydrogen-bond acceptors (Lipinski definition) is 4. The van der Waals surface area contributed by atoms with Gasteiger partial charge in [-0.25, -0.2) is 8.42 Å². The van der Waals surface area contributed by atoms with Crippen LogP contribution in [-0.4, -0.2) is 42.3 Å². The van der Waals surface area contributed by atoms with Crippen LogP contribution in [0.15, 0.2) is 46.7 Å². The third kappa shape index (κ3) is 5.13. The van der Waals surface area contributed by atoms with E-state index in [1.54, 1.807) is 29.0 Å². The molecule has 0 radical (unpaired) electrons. The topological polar surface area (TPSA) is 88.5 Å². The van der Waals surface area contributed by atoms with Gasteiger partial charge in [0.15, 0.2) is 0 Å². The summed E-state index contributed by atoms with van der Waals surface area (Å²) in [5, 5.41) is 3.27. The first-order chi connectivity index (χ1) is 16.3. The average molecular weight is 486 g/mol. The molecule has 1 saturated carbocycles. The smallest absolute Gasteiger partial charge is 0.256 e. The van der Waals surface area contributed by atoms with Crippen LogP contribution in [0.1, 0.15) is 68.6 Å². The molecule has 2 aliphatic rings. The van der Waals surface area contributed by atoms with Gasteiger partial charge >= 0.3 is 0 Å². The second-order valence-electron chi connectivity index (χ2n) is 9.74. The van der Waals surface area contributed by atoms with E-state index in [1.807, 2.05) is 0 Å². The van der Waals surface area contributed by atoms with Gasteiger partial charge in [0.25, 0.3) is 5.91 Å². The van der Waals surface area contributed by atoms with Crippen molar-refractivity contribution in [3.63, 3.8) is 0 Å². The van der Waals surface area contributed by atoms with Crippen LogP contribution in [0.5, 0.6) is 0 Å². The minimum Gasteiger partial charge on any atom is -0.349 e. The maximum absolute atomic E-state index is 13.4.